The number of H-pyrrole nitrogens is 1. The minimum Gasteiger partial charge on any atom is -0.462 e. The maximum atomic E-state index is 12.3. The fraction of sp³-hybridized carbons (Fsp3) is 0.545. The number of aryl methyl sites for hydroxylation is 4. The highest BCUT2D eigenvalue weighted by molar-refractivity contribution is 5.28. The summed E-state index contributed by atoms with van der Waals surface area (Å²) in [7, 11) is 0. The van der Waals surface area contributed by atoms with E-state index in [1.807, 2.05) is 0 Å². The zero-order chi connectivity index (χ0) is 29.6. The zero-order valence-electron chi connectivity index (χ0n) is 25.6. The van der Waals surface area contributed by atoms with Crippen LogP contribution in [0, 0.1) is 27.7 Å². The lowest BCUT2D eigenvalue weighted by molar-refractivity contribution is -0.00208. The Morgan fingerprint density at radius 1 is 0.683 bits per heavy atom. The van der Waals surface area contributed by atoms with E-state index >= 15 is 0 Å². The van der Waals surface area contributed by atoms with Crippen LogP contribution in [-0.4, -0.2) is 40.4 Å². The molecule has 2 unspecified atom stereocenters. The number of hydrogen-bond donors (Lipinski definition) is 1. The van der Waals surface area contributed by atoms with Crippen LogP contribution in [-0.2, 0) is 22.7 Å². The summed E-state index contributed by atoms with van der Waals surface area (Å²) in [6.45, 7) is 14.1. The van der Waals surface area contributed by atoms with Crippen molar-refractivity contribution in [1.29, 1.82) is 0 Å². The van der Waals surface area contributed by atoms with Crippen molar-refractivity contribution in [2.75, 3.05) is 13.2 Å². The molecule has 1 heterocycles. The molecule has 0 radical (unpaired) electrons. The van der Waals surface area contributed by atoms with Gasteiger partial charge in [0.2, 0.25) is 0 Å². The van der Waals surface area contributed by atoms with Crippen molar-refractivity contribution in [1.82, 2.24) is 15.0 Å². The van der Waals surface area contributed by atoms with Gasteiger partial charge in [0.1, 0.15) is 13.2 Å². The maximum Gasteiger partial charge on any atom is 0.353 e. The molecule has 3 aromatic rings. The normalized spacial score (nSPS) is 12.7. The summed E-state index contributed by atoms with van der Waals surface area (Å²) < 4.78 is 24.1. The lowest BCUT2D eigenvalue weighted by atomic mass is 10.1. The van der Waals surface area contributed by atoms with Crippen LogP contribution in [0.2, 0.25) is 0 Å². The van der Waals surface area contributed by atoms with Crippen LogP contribution in [0.15, 0.2) is 41.2 Å². The third kappa shape index (κ3) is 12.0. The van der Waals surface area contributed by atoms with Gasteiger partial charge in [0.05, 0.1) is 25.4 Å². The first-order chi connectivity index (χ1) is 19.7. The molecule has 8 nitrogen and oxygen atoms in total. The highest BCUT2D eigenvalue weighted by atomic mass is 16.6. The summed E-state index contributed by atoms with van der Waals surface area (Å²) in [5.41, 5.74) is 6.53. The predicted molar refractivity (Wildman–Crippen MR) is 162 cm³/mol. The van der Waals surface area contributed by atoms with Crippen molar-refractivity contribution in [2.24, 2.45) is 0 Å². The Bertz CT molecular complexity index is 1140. The molecule has 0 aliphatic rings. The van der Waals surface area contributed by atoms with E-state index in [4.69, 9.17) is 18.9 Å². The van der Waals surface area contributed by atoms with Crippen molar-refractivity contribution >= 4 is 0 Å². The lowest BCUT2D eigenvalue weighted by Crippen LogP contribution is -2.26. The van der Waals surface area contributed by atoms with Gasteiger partial charge in [-0.25, -0.2) is 4.79 Å². The van der Waals surface area contributed by atoms with Gasteiger partial charge in [-0.15, -0.1) is 9.97 Å². The molecule has 0 aliphatic heterocycles. The molecule has 1 N–H and O–H groups in total. The average molecular weight is 566 g/mol. The monoisotopic (exact) mass is 565 g/mol. The van der Waals surface area contributed by atoms with E-state index in [0.717, 1.165) is 49.7 Å². The van der Waals surface area contributed by atoms with Gasteiger partial charge in [-0.2, -0.15) is 0 Å². The van der Waals surface area contributed by atoms with Crippen LogP contribution in [0.4, 0.5) is 0 Å². The number of aromatic nitrogens is 3. The SMILES string of the molecule is CCCCC(COc1nc(OCC(CCCC)OCc2cc(C)cc(C)c2)[nH]c(=O)n1)OCc1cc(C)cc(C)c1. The maximum absolute atomic E-state index is 12.3. The van der Waals surface area contributed by atoms with E-state index in [1.165, 1.54) is 22.3 Å². The number of hydrogen-bond acceptors (Lipinski definition) is 7. The molecule has 3 rings (SSSR count). The van der Waals surface area contributed by atoms with E-state index in [1.54, 1.807) is 0 Å². The van der Waals surface area contributed by atoms with E-state index in [9.17, 15) is 4.79 Å². The van der Waals surface area contributed by atoms with Gasteiger partial charge in [0.25, 0.3) is 0 Å². The number of rotatable bonds is 18. The second-order valence-corrected chi connectivity index (χ2v) is 11.0. The molecule has 0 amide bonds. The van der Waals surface area contributed by atoms with E-state index in [2.05, 4.69) is 92.9 Å². The number of benzene rings is 2. The minimum atomic E-state index is -0.576. The number of aromatic amines is 1. The summed E-state index contributed by atoms with van der Waals surface area (Å²) in [6, 6.07) is 12.9. The van der Waals surface area contributed by atoms with Crippen LogP contribution < -0.4 is 15.2 Å². The Hall–Kier alpha value is -3.23. The van der Waals surface area contributed by atoms with Gasteiger partial charge in [0, 0.05) is 0 Å². The van der Waals surface area contributed by atoms with Crippen molar-refractivity contribution in [3.8, 4) is 12.0 Å². The van der Waals surface area contributed by atoms with Crippen LogP contribution in [0.1, 0.15) is 85.8 Å². The van der Waals surface area contributed by atoms with Crippen LogP contribution >= 0.6 is 0 Å². The topological polar surface area (TPSA) is 95.6 Å². The van der Waals surface area contributed by atoms with Gasteiger partial charge in [-0.3, -0.25) is 4.98 Å². The summed E-state index contributed by atoms with van der Waals surface area (Å²) in [5, 5.41) is 0. The molecule has 0 saturated heterocycles. The number of nitrogens with zero attached hydrogens (tertiary/aromatic N) is 2. The van der Waals surface area contributed by atoms with Gasteiger partial charge in [-0.05, 0) is 51.7 Å². The summed E-state index contributed by atoms with van der Waals surface area (Å²) in [5.74, 6) is 0. The zero-order valence-corrected chi connectivity index (χ0v) is 25.6. The first kappa shape index (κ1) is 32.3. The molecule has 224 valence electrons. The Kier molecular flexibility index (Phi) is 13.3. The predicted octanol–water partition coefficient (Wildman–Crippen LogP) is 6.71. The van der Waals surface area contributed by atoms with Crippen LogP contribution in [0.25, 0.3) is 0 Å². The molecular formula is C33H47N3O5. The van der Waals surface area contributed by atoms with Crippen molar-refractivity contribution in [2.45, 2.75) is 105 Å². The third-order valence-electron chi connectivity index (χ3n) is 6.71. The molecule has 41 heavy (non-hydrogen) atoms. The molecular weight excluding hydrogens is 518 g/mol. The molecule has 0 saturated carbocycles. The van der Waals surface area contributed by atoms with E-state index < -0.39 is 5.69 Å². The van der Waals surface area contributed by atoms with E-state index in [-0.39, 0.29) is 37.4 Å². The Morgan fingerprint density at radius 2 is 1.15 bits per heavy atom. The van der Waals surface area contributed by atoms with Crippen LogP contribution in [0.5, 0.6) is 12.0 Å². The Morgan fingerprint density at radius 3 is 1.61 bits per heavy atom. The number of unbranched alkanes of at least 4 members (excludes halogenated alkanes) is 2. The first-order valence-electron chi connectivity index (χ1n) is 14.9. The smallest absolute Gasteiger partial charge is 0.353 e. The van der Waals surface area contributed by atoms with Gasteiger partial charge in [0.15, 0.2) is 0 Å². The number of nitrogens with one attached hydrogen (secondary N) is 1. The second kappa shape index (κ2) is 16.9. The quantitative estimate of drug-likeness (QED) is 0.183. The highest BCUT2D eigenvalue weighted by Crippen LogP contribution is 2.16. The van der Waals surface area contributed by atoms with Crippen molar-refractivity contribution in [3.05, 3.63) is 80.3 Å². The highest BCUT2D eigenvalue weighted by Gasteiger charge is 2.15. The molecule has 0 bridgehead atoms. The molecule has 0 fully saturated rings. The second-order valence-electron chi connectivity index (χ2n) is 11.0. The molecule has 1 aromatic heterocycles. The van der Waals surface area contributed by atoms with Gasteiger partial charge < -0.3 is 18.9 Å². The minimum absolute atomic E-state index is 0.0264. The van der Waals surface area contributed by atoms with E-state index in [0.29, 0.717) is 13.2 Å². The standard InChI is InChI=1S/C33H47N3O5/c1-7-9-11-29(38-19-27-15-23(3)13-24(4)16-27)21-40-32-34-31(37)35-33(36-32)41-22-30(12-10-8-2)39-20-28-17-25(5)14-26(6)18-28/h13-18,29-30H,7-12,19-22H2,1-6H3,(H,34,35,36,37). The van der Waals surface area contributed by atoms with Crippen molar-refractivity contribution in [3.63, 3.8) is 0 Å². The first-order valence-corrected chi connectivity index (χ1v) is 14.9. The number of ether oxygens (including phenoxy) is 4. The molecule has 2 atom stereocenters. The average Bonchev–Trinajstić information content (AvgIpc) is 2.91. The fourth-order valence-corrected chi connectivity index (χ4v) is 4.84. The third-order valence-corrected chi connectivity index (χ3v) is 6.71. The molecule has 0 spiro atoms. The summed E-state index contributed by atoms with van der Waals surface area (Å²) in [6.07, 6.45) is 5.51. The Balaban J connectivity index is 1.58. The van der Waals surface area contributed by atoms with Gasteiger partial charge >= 0.3 is 17.7 Å². The van der Waals surface area contributed by atoms with Crippen LogP contribution in [0.3, 0.4) is 0 Å². The molecule has 0 aliphatic carbocycles. The lowest BCUT2D eigenvalue weighted by Gasteiger charge is -2.19. The van der Waals surface area contributed by atoms with Gasteiger partial charge in [-0.1, -0.05) is 98.2 Å². The van der Waals surface area contributed by atoms with Crippen molar-refractivity contribution < 1.29 is 18.9 Å². The molecule has 2 aromatic carbocycles. The summed E-state index contributed by atoms with van der Waals surface area (Å²) in [4.78, 5) is 23.0. The fourth-order valence-electron chi connectivity index (χ4n) is 4.84. The molecule has 8 heteroatoms. The Labute approximate surface area is 244 Å². The largest absolute Gasteiger partial charge is 0.462 e. The summed E-state index contributed by atoms with van der Waals surface area (Å²) >= 11 is 0.